The first kappa shape index (κ1) is 19.0. The molecule has 1 aliphatic rings. The van der Waals surface area contributed by atoms with E-state index in [2.05, 4.69) is 9.98 Å². The maximum Gasteiger partial charge on any atom is 0.338 e. The van der Waals surface area contributed by atoms with Gasteiger partial charge in [-0.2, -0.15) is 0 Å². The fourth-order valence-electron chi connectivity index (χ4n) is 3.35. The van der Waals surface area contributed by atoms with E-state index in [-0.39, 0.29) is 12.2 Å². The number of hydrogen-bond donors (Lipinski definition) is 0. The van der Waals surface area contributed by atoms with Gasteiger partial charge in [-0.3, -0.25) is 14.3 Å². The van der Waals surface area contributed by atoms with E-state index in [9.17, 15) is 9.59 Å². The number of pyridine rings is 1. The molecule has 6 nitrogen and oxygen atoms in total. The number of thiazole rings is 1. The summed E-state index contributed by atoms with van der Waals surface area (Å²) in [6.45, 7) is 3.79. The number of fused-ring (bicyclic) bond motifs is 1. The van der Waals surface area contributed by atoms with Crippen LogP contribution in [0.4, 0.5) is 0 Å². The second-order valence-electron chi connectivity index (χ2n) is 6.50. The standard InChI is InChI=1S/C22H19N3O3S/c1-3-28-21(27)18-14(2)24-22-25(19(18)16-9-5-4-6-10-16)20(26)17(29-22)12-15-8-7-11-23-13-15/h4-13,19H,3H2,1-2H3/t19-/m0/s1. The Labute approximate surface area is 171 Å². The molecule has 7 heteroatoms. The SMILES string of the molecule is CCOC(=O)C1=C(C)N=c2sc(=Cc3cccnc3)c(=O)n2[C@H]1c1ccccc1. The van der Waals surface area contributed by atoms with E-state index in [1.54, 1.807) is 36.9 Å². The first-order valence-corrected chi connectivity index (χ1v) is 10.1. The summed E-state index contributed by atoms with van der Waals surface area (Å²) < 4.78 is 7.40. The predicted molar refractivity (Wildman–Crippen MR) is 111 cm³/mol. The van der Waals surface area contributed by atoms with Gasteiger partial charge < -0.3 is 4.74 Å². The summed E-state index contributed by atoms with van der Waals surface area (Å²) in [4.78, 5) is 35.3. The zero-order valence-electron chi connectivity index (χ0n) is 16.0. The number of hydrogen-bond acceptors (Lipinski definition) is 6. The molecular formula is C22H19N3O3S. The number of carbonyl (C=O) groups is 1. The predicted octanol–water partition coefficient (Wildman–Crippen LogP) is 2.19. The highest BCUT2D eigenvalue weighted by molar-refractivity contribution is 7.07. The number of benzene rings is 1. The third-order valence-electron chi connectivity index (χ3n) is 4.61. The molecule has 0 aliphatic carbocycles. The minimum Gasteiger partial charge on any atom is -0.463 e. The van der Waals surface area contributed by atoms with E-state index in [4.69, 9.17) is 4.74 Å². The zero-order valence-corrected chi connectivity index (χ0v) is 16.8. The molecule has 0 unspecified atom stereocenters. The van der Waals surface area contributed by atoms with Crippen LogP contribution in [-0.4, -0.2) is 22.1 Å². The largest absolute Gasteiger partial charge is 0.463 e. The van der Waals surface area contributed by atoms with Crippen LogP contribution < -0.4 is 14.9 Å². The molecule has 1 aromatic carbocycles. The van der Waals surface area contributed by atoms with Crippen molar-refractivity contribution in [2.24, 2.45) is 4.99 Å². The maximum absolute atomic E-state index is 13.3. The van der Waals surface area contributed by atoms with E-state index in [0.29, 0.717) is 20.6 Å². The Bertz CT molecular complexity index is 1260. The van der Waals surface area contributed by atoms with Crippen molar-refractivity contribution in [2.75, 3.05) is 6.61 Å². The van der Waals surface area contributed by atoms with Gasteiger partial charge in [0.15, 0.2) is 4.80 Å². The number of ether oxygens (including phenoxy) is 1. The van der Waals surface area contributed by atoms with Crippen LogP contribution >= 0.6 is 11.3 Å². The molecule has 0 fully saturated rings. The summed E-state index contributed by atoms with van der Waals surface area (Å²) in [5, 5.41) is 0. The molecule has 3 heterocycles. The average molecular weight is 405 g/mol. The van der Waals surface area contributed by atoms with Crippen LogP contribution in [0.15, 0.2) is 75.9 Å². The Hall–Kier alpha value is -3.32. The van der Waals surface area contributed by atoms with Crippen molar-refractivity contribution in [3.8, 4) is 0 Å². The van der Waals surface area contributed by atoms with Crippen molar-refractivity contribution in [1.82, 2.24) is 9.55 Å². The lowest BCUT2D eigenvalue weighted by atomic mass is 9.96. The Kier molecular flexibility index (Phi) is 5.22. The van der Waals surface area contributed by atoms with Crippen LogP contribution in [0.1, 0.15) is 31.0 Å². The fraction of sp³-hybridized carbons (Fsp3) is 0.182. The molecule has 0 bridgehead atoms. The Morgan fingerprint density at radius 3 is 2.72 bits per heavy atom. The van der Waals surface area contributed by atoms with Crippen LogP contribution in [0.3, 0.4) is 0 Å². The topological polar surface area (TPSA) is 73.6 Å². The van der Waals surface area contributed by atoms with Gasteiger partial charge in [0.05, 0.1) is 28.5 Å². The highest BCUT2D eigenvalue weighted by atomic mass is 32.1. The summed E-state index contributed by atoms with van der Waals surface area (Å²) >= 11 is 1.30. The van der Waals surface area contributed by atoms with Crippen molar-refractivity contribution in [3.63, 3.8) is 0 Å². The molecule has 1 aliphatic heterocycles. The minimum atomic E-state index is -0.581. The van der Waals surface area contributed by atoms with Crippen LogP contribution in [-0.2, 0) is 9.53 Å². The van der Waals surface area contributed by atoms with Crippen molar-refractivity contribution in [3.05, 3.63) is 96.9 Å². The Balaban J connectivity index is 1.96. The van der Waals surface area contributed by atoms with Gasteiger partial charge in [-0.05, 0) is 37.1 Å². The van der Waals surface area contributed by atoms with Crippen molar-refractivity contribution in [2.45, 2.75) is 19.9 Å². The molecular weight excluding hydrogens is 386 g/mol. The summed E-state index contributed by atoms with van der Waals surface area (Å²) in [5.41, 5.74) is 2.42. The molecule has 3 aromatic rings. The van der Waals surface area contributed by atoms with E-state index in [1.165, 1.54) is 11.3 Å². The summed E-state index contributed by atoms with van der Waals surface area (Å²) in [5.74, 6) is -0.454. The van der Waals surface area contributed by atoms with E-state index in [0.717, 1.165) is 11.1 Å². The van der Waals surface area contributed by atoms with Gasteiger partial charge in [0.25, 0.3) is 5.56 Å². The van der Waals surface area contributed by atoms with Crippen molar-refractivity contribution in [1.29, 1.82) is 0 Å². The lowest BCUT2D eigenvalue weighted by Crippen LogP contribution is -2.39. The molecule has 29 heavy (non-hydrogen) atoms. The molecule has 0 saturated carbocycles. The van der Waals surface area contributed by atoms with E-state index >= 15 is 0 Å². The lowest BCUT2D eigenvalue weighted by molar-refractivity contribution is -0.139. The number of rotatable bonds is 4. The first-order chi connectivity index (χ1) is 14.1. The summed E-state index contributed by atoms with van der Waals surface area (Å²) in [6, 6.07) is 12.6. The molecule has 0 saturated heterocycles. The molecule has 0 radical (unpaired) electrons. The third-order valence-corrected chi connectivity index (χ3v) is 5.60. The number of esters is 1. The highest BCUT2D eigenvalue weighted by Gasteiger charge is 2.33. The maximum atomic E-state index is 13.3. The Morgan fingerprint density at radius 1 is 1.24 bits per heavy atom. The summed E-state index contributed by atoms with van der Waals surface area (Å²) in [6.07, 6.45) is 5.17. The van der Waals surface area contributed by atoms with Gasteiger partial charge in [-0.1, -0.05) is 47.7 Å². The molecule has 2 aromatic heterocycles. The van der Waals surface area contributed by atoms with Gasteiger partial charge in [0.2, 0.25) is 0 Å². The highest BCUT2D eigenvalue weighted by Crippen LogP contribution is 2.30. The van der Waals surface area contributed by atoms with E-state index < -0.39 is 12.0 Å². The van der Waals surface area contributed by atoms with Gasteiger partial charge in [-0.25, -0.2) is 9.79 Å². The lowest BCUT2D eigenvalue weighted by Gasteiger charge is -2.24. The molecule has 1 atom stereocenters. The van der Waals surface area contributed by atoms with Crippen LogP contribution in [0.5, 0.6) is 0 Å². The monoisotopic (exact) mass is 405 g/mol. The third kappa shape index (κ3) is 3.56. The molecule has 0 spiro atoms. The average Bonchev–Trinajstić information content (AvgIpc) is 3.03. The zero-order chi connectivity index (χ0) is 20.4. The smallest absolute Gasteiger partial charge is 0.338 e. The minimum absolute atomic E-state index is 0.194. The van der Waals surface area contributed by atoms with Crippen LogP contribution in [0.25, 0.3) is 6.08 Å². The second kappa shape index (κ2) is 7.97. The Morgan fingerprint density at radius 2 is 2.03 bits per heavy atom. The van der Waals surface area contributed by atoms with Gasteiger partial charge in [0.1, 0.15) is 0 Å². The van der Waals surface area contributed by atoms with Crippen LogP contribution in [0.2, 0.25) is 0 Å². The normalized spacial score (nSPS) is 16.3. The number of carbonyl (C=O) groups excluding carboxylic acids is 1. The molecule has 146 valence electrons. The number of allylic oxidation sites excluding steroid dienone is 1. The summed E-state index contributed by atoms with van der Waals surface area (Å²) in [7, 11) is 0. The quantitative estimate of drug-likeness (QED) is 0.624. The van der Waals surface area contributed by atoms with Crippen molar-refractivity contribution >= 4 is 23.4 Å². The molecule has 0 amide bonds. The van der Waals surface area contributed by atoms with Gasteiger partial charge >= 0.3 is 5.97 Å². The fourth-order valence-corrected chi connectivity index (χ4v) is 4.40. The number of nitrogens with zero attached hydrogens (tertiary/aromatic N) is 3. The van der Waals surface area contributed by atoms with Gasteiger partial charge in [0, 0.05) is 12.4 Å². The first-order valence-electron chi connectivity index (χ1n) is 9.24. The molecule has 4 rings (SSSR count). The molecule has 0 N–H and O–H groups in total. The second-order valence-corrected chi connectivity index (χ2v) is 7.51. The number of aromatic nitrogens is 2. The van der Waals surface area contributed by atoms with E-state index in [1.807, 2.05) is 42.5 Å². The van der Waals surface area contributed by atoms with Gasteiger partial charge in [-0.15, -0.1) is 0 Å². The van der Waals surface area contributed by atoms with Crippen LogP contribution in [0, 0.1) is 0 Å². The van der Waals surface area contributed by atoms with Crippen molar-refractivity contribution < 1.29 is 9.53 Å².